The van der Waals surface area contributed by atoms with Crippen molar-refractivity contribution in [2.24, 2.45) is 5.92 Å². The van der Waals surface area contributed by atoms with Crippen LogP contribution in [0.5, 0.6) is 0 Å². The van der Waals surface area contributed by atoms with Crippen molar-refractivity contribution in [3.05, 3.63) is 70.5 Å². The van der Waals surface area contributed by atoms with Gasteiger partial charge in [-0.1, -0.05) is 12.1 Å². The number of carbonyl (C=O) groups excluding carboxylic acids is 2. The van der Waals surface area contributed by atoms with Gasteiger partial charge in [-0.3, -0.25) is 9.59 Å². The molecule has 1 aliphatic rings. The third kappa shape index (κ3) is 5.18. The maximum absolute atomic E-state index is 13.4. The number of alkyl halides is 6. The number of rotatable bonds is 4. The summed E-state index contributed by atoms with van der Waals surface area (Å²) in [7, 11) is 2.42. The van der Waals surface area contributed by atoms with Gasteiger partial charge in [-0.2, -0.15) is 26.3 Å². The van der Waals surface area contributed by atoms with E-state index in [2.05, 4.69) is 0 Å². The Labute approximate surface area is 190 Å². The molecular weight excluding hydrogens is 471 g/mol. The summed E-state index contributed by atoms with van der Waals surface area (Å²) in [6.45, 7) is 0. The summed E-state index contributed by atoms with van der Waals surface area (Å²) >= 11 is 0. The zero-order valence-corrected chi connectivity index (χ0v) is 18.0. The second kappa shape index (κ2) is 9.27. The molecule has 0 aliphatic heterocycles. The lowest BCUT2D eigenvalue weighted by Crippen LogP contribution is -2.40. The molecule has 2 aromatic carbocycles. The van der Waals surface area contributed by atoms with Gasteiger partial charge in [-0.05, 0) is 48.7 Å². The lowest BCUT2D eigenvalue weighted by molar-refractivity contribution is -0.146. The Morgan fingerprint density at radius 1 is 0.912 bits per heavy atom. The zero-order valence-electron chi connectivity index (χ0n) is 18.0. The lowest BCUT2D eigenvalue weighted by atomic mass is 9.85. The van der Waals surface area contributed by atoms with Crippen molar-refractivity contribution in [2.75, 3.05) is 14.2 Å². The number of ether oxygens (including phenoxy) is 1. The van der Waals surface area contributed by atoms with E-state index in [-0.39, 0.29) is 18.9 Å². The number of esters is 1. The van der Waals surface area contributed by atoms with Crippen LogP contribution in [0.15, 0.2) is 42.5 Å². The van der Waals surface area contributed by atoms with E-state index < -0.39 is 64.6 Å². The van der Waals surface area contributed by atoms with Gasteiger partial charge >= 0.3 is 18.3 Å². The minimum Gasteiger partial charge on any atom is -0.469 e. The molecule has 0 unspecified atom stereocenters. The van der Waals surface area contributed by atoms with E-state index in [9.17, 15) is 40.3 Å². The quantitative estimate of drug-likeness (QED) is 0.409. The molecule has 4 nitrogen and oxygen atoms in total. The molecule has 1 saturated carbocycles. The van der Waals surface area contributed by atoms with E-state index in [0.717, 1.165) is 17.0 Å². The molecule has 34 heavy (non-hydrogen) atoms. The topological polar surface area (TPSA) is 46.6 Å². The van der Waals surface area contributed by atoms with Crippen molar-refractivity contribution in [1.29, 1.82) is 0 Å². The molecule has 0 spiro atoms. The summed E-state index contributed by atoms with van der Waals surface area (Å²) in [4.78, 5) is 26.4. The summed E-state index contributed by atoms with van der Waals surface area (Å²) in [5, 5.41) is 0. The fraction of sp³-hybridized carbons (Fsp3) is 0.391. The highest BCUT2D eigenvalue weighted by Gasteiger charge is 2.45. The highest BCUT2D eigenvalue weighted by Crippen LogP contribution is 2.44. The lowest BCUT2D eigenvalue weighted by Gasteiger charge is -2.32. The monoisotopic (exact) mass is 491 g/mol. The van der Waals surface area contributed by atoms with Crippen LogP contribution in [0.1, 0.15) is 45.8 Å². The second-order valence-corrected chi connectivity index (χ2v) is 8.06. The molecule has 1 fully saturated rings. The number of amides is 1. The third-order valence-electron chi connectivity index (χ3n) is 6.03. The molecule has 2 aromatic rings. The van der Waals surface area contributed by atoms with Gasteiger partial charge in [0.2, 0.25) is 0 Å². The molecule has 0 N–H and O–H groups in total. The van der Waals surface area contributed by atoms with Gasteiger partial charge in [0.15, 0.2) is 0 Å². The van der Waals surface area contributed by atoms with Gasteiger partial charge < -0.3 is 9.64 Å². The van der Waals surface area contributed by atoms with Crippen LogP contribution >= 0.6 is 0 Å². The summed E-state index contributed by atoms with van der Waals surface area (Å²) in [6.07, 6.45) is -9.72. The highest BCUT2D eigenvalue weighted by atomic mass is 19.4. The number of halogens is 7. The van der Waals surface area contributed by atoms with E-state index >= 15 is 0 Å². The first kappa shape index (κ1) is 25.5. The molecular formula is C23H20F7NO3. The van der Waals surface area contributed by atoms with Crippen molar-refractivity contribution >= 4 is 11.9 Å². The van der Waals surface area contributed by atoms with Crippen LogP contribution in [0.2, 0.25) is 0 Å². The highest BCUT2D eigenvalue weighted by molar-refractivity contribution is 5.95. The van der Waals surface area contributed by atoms with Crippen LogP contribution in [-0.4, -0.2) is 37.0 Å². The second-order valence-electron chi connectivity index (χ2n) is 8.06. The molecule has 0 bridgehead atoms. The Bertz CT molecular complexity index is 1030. The van der Waals surface area contributed by atoms with Crippen LogP contribution in [0.25, 0.3) is 0 Å². The molecule has 184 valence electrons. The van der Waals surface area contributed by atoms with Crippen LogP contribution in [0.3, 0.4) is 0 Å². The number of likely N-dealkylation sites (N-methyl/N-ethyl adjacent to an activating group) is 1. The summed E-state index contributed by atoms with van der Waals surface area (Å²) < 4.78 is 97.6. The van der Waals surface area contributed by atoms with E-state index in [1.165, 1.54) is 26.3 Å². The summed E-state index contributed by atoms with van der Waals surface area (Å²) in [5.41, 5.74) is -3.51. The van der Waals surface area contributed by atoms with E-state index in [0.29, 0.717) is 17.7 Å². The number of benzene rings is 2. The SMILES string of the molecule is COC(=O)[C@@H]1CC[C@H](N(C)C(=O)c2cc(C(F)(F)F)cc(C(F)(F)F)c2)[C@H]1c1ccc(F)cc1. The largest absolute Gasteiger partial charge is 0.469 e. The van der Waals surface area contributed by atoms with Gasteiger partial charge in [0.1, 0.15) is 5.82 Å². The Morgan fingerprint density at radius 2 is 1.44 bits per heavy atom. The number of hydrogen-bond acceptors (Lipinski definition) is 3. The van der Waals surface area contributed by atoms with Gasteiger partial charge in [0.05, 0.1) is 24.2 Å². The van der Waals surface area contributed by atoms with Gasteiger partial charge in [0.25, 0.3) is 5.91 Å². The smallest absolute Gasteiger partial charge is 0.416 e. The molecule has 1 aliphatic carbocycles. The molecule has 11 heteroatoms. The summed E-state index contributed by atoms with van der Waals surface area (Å²) in [6, 6.07) is 5.07. The number of nitrogens with zero attached hydrogens (tertiary/aromatic N) is 1. The Balaban J connectivity index is 2.02. The maximum Gasteiger partial charge on any atom is 0.416 e. The zero-order chi connectivity index (χ0) is 25.4. The molecule has 3 atom stereocenters. The Hall–Kier alpha value is -3.11. The number of methoxy groups -OCH3 is 1. The Kier molecular flexibility index (Phi) is 6.95. The molecule has 0 radical (unpaired) electrons. The van der Waals surface area contributed by atoms with Crippen molar-refractivity contribution in [3.8, 4) is 0 Å². The van der Waals surface area contributed by atoms with Crippen molar-refractivity contribution < 1.29 is 45.1 Å². The molecule has 1 amide bonds. The van der Waals surface area contributed by atoms with Gasteiger partial charge in [0, 0.05) is 24.6 Å². The molecule has 3 rings (SSSR count). The number of carbonyl (C=O) groups is 2. The maximum atomic E-state index is 13.4. The van der Waals surface area contributed by atoms with Crippen molar-refractivity contribution in [2.45, 2.75) is 37.2 Å². The minimum absolute atomic E-state index is 0.0546. The third-order valence-corrected chi connectivity index (χ3v) is 6.03. The van der Waals surface area contributed by atoms with Gasteiger partial charge in [-0.15, -0.1) is 0 Å². The van der Waals surface area contributed by atoms with Crippen LogP contribution in [0, 0.1) is 11.7 Å². The molecule has 0 aromatic heterocycles. The standard InChI is InChI=1S/C23H20F7NO3/c1-31(20(32)13-9-14(22(25,26)27)11-15(10-13)23(28,29)30)18-8-7-17(21(33)34-2)19(18)12-3-5-16(24)6-4-12/h3-6,9-11,17-19H,7-8H2,1-2H3/t17-,18+,19+/m1/s1. The average Bonchev–Trinajstić information content (AvgIpc) is 3.21. The summed E-state index contributed by atoms with van der Waals surface area (Å²) in [5.74, 6) is -3.63. The van der Waals surface area contributed by atoms with E-state index in [4.69, 9.17) is 4.74 Å². The first-order valence-electron chi connectivity index (χ1n) is 10.1. The van der Waals surface area contributed by atoms with Crippen LogP contribution in [0.4, 0.5) is 30.7 Å². The normalized spacial score (nSPS) is 20.8. The predicted molar refractivity (Wildman–Crippen MR) is 106 cm³/mol. The number of hydrogen-bond donors (Lipinski definition) is 0. The van der Waals surface area contributed by atoms with Crippen molar-refractivity contribution in [3.63, 3.8) is 0 Å². The van der Waals surface area contributed by atoms with Gasteiger partial charge in [-0.25, -0.2) is 4.39 Å². The average molecular weight is 491 g/mol. The Morgan fingerprint density at radius 3 is 1.91 bits per heavy atom. The van der Waals surface area contributed by atoms with Crippen molar-refractivity contribution in [1.82, 2.24) is 4.90 Å². The first-order chi connectivity index (χ1) is 15.7. The molecule has 0 heterocycles. The van der Waals surface area contributed by atoms with Crippen LogP contribution < -0.4 is 0 Å². The predicted octanol–water partition coefficient (Wildman–Crippen LogP) is 5.67. The van der Waals surface area contributed by atoms with Crippen LogP contribution in [-0.2, 0) is 21.9 Å². The van der Waals surface area contributed by atoms with E-state index in [1.807, 2.05) is 0 Å². The minimum atomic E-state index is -5.10. The fourth-order valence-electron chi connectivity index (χ4n) is 4.40. The van der Waals surface area contributed by atoms with E-state index in [1.54, 1.807) is 0 Å². The first-order valence-corrected chi connectivity index (χ1v) is 10.1. The fourth-order valence-corrected chi connectivity index (χ4v) is 4.40. The molecule has 0 saturated heterocycles.